The molecular formula is C16H17N3O3. The number of pyridine rings is 1. The zero-order chi connectivity index (χ0) is 16.1. The third-order valence-electron chi connectivity index (χ3n) is 3.20. The number of aromatic nitrogens is 1. The quantitative estimate of drug-likeness (QED) is 0.591. The Kier molecular flexibility index (Phi) is 4.85. The normalized spacial score (nSPS) is 10.9. The summed E-state index contributed by atoms with van der Waals surface area (Å²) in [6.45, 7) is 3.29. The van der Waals surface area contributed by atoms with Gasteiger partial charge in [0.05, 0.1) is 18.5 Å². The number of benzene rings is 1. The van der Waals surface area contributed by atoms with Crippen molar-refractivity contribution in [1.29, 1.82) is 0 Å². The first-order valence-corrected chi connectivity index (χ1v) is 6.71. The molecule has 0 bridgehead atoms. The van der Waals surface area contributed by atoms with E-state index in [4.69, 9.17) is 0 Å². The summed E-state index contributed by atoms with van der Waals surface area (Å²) < 4.78 is 0. The first-order chi connectivity index (χ1) is 10.5. The molecule has 0 atom stereocenters. The predicted octanol–water partition coefficient (Wildman–Crippen LogP) is 1.66. The number of carbonyl (C=O) groups excluding carboxylic acids is 1. The molecule has 0 aliphatic heterocycles. The molecule has 0 radical (unpaired) electrons. The van der Waals surface area contributed by atoms with Crippen molar-refractivity contribution in [3.05, 3.63) is 58.4 Å². The Morgan fingerprint density at radius 2 is 2.00 bits per heavy atom. The molecule has 114 valence electrons. The molecular weight excluding hydrogens is 282 g/mol. The summed E-state index contributed by atoms with van der Waals surface area (Å²) in [4.78, 5) is 15.9. The second-order valence-corrected chi connectivity index (χ2v) is 4.85. The molecule has 6 nitrogen and oxygen atoms in total. The van der Waals surface area contributed by atoms with Crippen LogP contribution in [-0.2, 0) is 6.61 Å². The van der Waals surface area contributed by atoms with E-state index in [-0.39, 0.29) is 18.3 Å². The fourth-order valence-electron chi connectivity index (χ4n) is 1.85. The van der Waals surface area contributed by atoms with E-state index in [2.05, 4.69) is 15.5 Å². The van der Waals surface area contributed by atoms with Crippen LogP contribution >= 0.6 is 0 Å². The van der Waals surface area contributed by atoms with Crippen molar-refractivity contribution in [3.8, 4) is 5.75 Å². The van der Waals surface area contributed by atoms with E-state index in [1.54, 1.807) is 19.1 Å². The van der Waals surface area contributed by atoms with Crippen LogP contribution in [0.25, 0.3) is 0 Å². The Balaban J connectivity index is 2.14. The summed E-state index contributed by atoms with van der Waals surface area (Å²) in [6.07, 6.45) is 2.75. The van der Waals surface area contributed by atoms with Crippen LogP contribution in [0.15, 0.2) is 35.6 Å². The largest absolute Gasteiger partial charge is 0.505 e. The van der Waals surface area contributed by atoms with Crippen molar-refractivity contribution < 1.29 is 15.0 Å². The third-order valence-corrected chi connectivity index (χ3v) is 3.20. The van der Waals surface area contributed by atoms with Crippen LogP contribution < -0.4 is 5.43 Å². The monoisotopic (exact) mass is 299 g/mol. The highest BCUT2D eigenvalue weighted by Gasteiger charge is 2.09. The van der Waals surface area contributed by atoms with Gasteiger partial charge in [0.1, 0.15) is 5.75 Å². The van der Waals surface area contributed by atoms with Crippen molar-refractivity contribution in [2.45, 2.75) is 20.5 Å². The molecule has 2 aromatic rings. The first kappa shape index (κ1) is 15.7. The lowest BCUT2D eigenvalue weighted by Crippen LogP contribution is -2.17. The summed E-state index contributed by atoms with van der Waals surface area (Å²) in [5, 5.41) is 23.0. The van der Waals surface area contributed by atoms with Crippen LogP contribution in [0, 0.1) is 13.8 Å². The lowest BCUT2D eigenvalue weighted by Gasteiger charge is -2.07. The Labute approximate surface area is 128 Å². The number of hydrogen-bond acceptors (Lipinski definition) is 5. The summed E-state index contributed by atoms with van der Waals surface area (Å²) >= 11 is 0. The van der Waals surface area contributed by atoms with Gasteiger partial charge in [-0.2, -0.15) is 5.10 Å². The summed E-state index contributed by atoms with van der Waals surface area (Å²) in [6, 6.07) is 7.07. The number of nitrogens with one attached hydrogen (secondary N) is 1. The number of aromatic hydroxyl groups is 1. The maximum Gasteiger partial charge on any atom is 0.271 e. The van der Waals surface area contributed by atoms with Gasteiger partial charge in [0, 0.05) is 22.9 Å². The van der Waals surface area contributed by atoms with Crippen molar-refractivity contribution in [2.24, 2.45) is 5.10 Å². The predicted molar refractivity (Wildman–Crippen MR) is 82.8 cm³/mol. The first-order valence-electron chi connectivity index (χ1n) is 6.71. The molecule has 1 aromatic heterocycles. The van der Waals surface area contributed by atoms with Gasteiger partial charge in [-0.25, -0.2) is 5.43 Å². The number of amides is 1. The topological polar surface area (TPSA) is 94.8 Å². The van der Waals surface area contributed by atoms with Crippen LogP contribution in [0.3, 0.4) is 0 Å². The molecule has 0 saturated carbocycles. The molecule has 2 rings (SSSR count). The lowest BCUT2D eigenvalue weighted by atomic mass is 10.1. The number of aliphatic hydroxyl groups excluding tert-OH is 1. The van der Waals surface area contributed by atoms with Crippen LogP contribution in [0.2, 0.25) is 0 Å². The van der Waals surface area contributed by atoms with Gasteiger partial charge in [0.15, 0.2) is 0 Å². The van der Waals surface area contributed by atoms with E-state index in [1.807, 2.05) is 19.1 Å². The number of aliphatic hydroxyl groups is 1. The molecule has 1 heterocycles. The minimum Gasteiger partial charge on any atom is -0.505 e. The molecule has 0 aliphatic carbocycles. The molecule has 1 aromatic carbocycles. The van der Waals surface area contributed by atoms with Crippen LogP contribution in [0.1, 0.15) is 32.7 Å². The number of hydrazone groups is 1. The van der Waals surface area contributed by atoms with Crippen molar-refractivity contribution in [2.75, 3.05) is 0 Å². The minimum atomic E-state index is -0.355. The molecule has 0 saturated heterocycles. The highest BCUT2D eigenvalue weighted by molar-refractivity contribution is 5.95. The van der Waals surface area contributed by atoms with Gasteiger partial charge >= 0.3 is 0 Å². The minimum absolute atomic E-state index is 0.0696. The molecule has 0 spiro atoms. The van der Waals surface area contributed by atoms with Crippen molar-refractivity contribution in [3.63, 3.8) is 0 Å². The van der Waals surface area contributed by atoms with Crippen LogP contribution in [-0.4, -0.2) is 27.3 Å². The SMILES string of the molecule is Cc1ccc(C(=O)N/N=C/c2c(CO)cnc(C)c2O)cc1. The highest BCUT2D eigenvalue weighted by Crippen LogP contribution is 2.21. The van der Waals surface area contributed by atoms with Gasteiger partial charge in [0.25, 0.3) is 5.91 Å². The molecule has 0 fully saturated rings. The van der Waals surface area contributed by atoms with E-state index in [1.165, 1.54) is 12.4 Å². The van der Waals surface area contributed by atoms with Gasteiger partial charge in [-0.15, -0.1) is 0 Å². The summed E-state index contributed by atoms with van der Waals surface area (Å²) in [5.41, 5.74) is 5.11. The second kappa shape index (κ2) is 6.82. The number of hydrogen-bond donors (Lipinski definition) is 3. The van der Waals surface area contributed by atoms with E-state index in [0.717, 1.165) is 5.56 Å². The second-order valence-electron chi connectivity index (χ2n) is 4.85. The van der Waals surface area contributed by atoms with Gasteiger partial charge in [-0.3, -0.25) is 9.78 Å². The molecule has 3 N–H and O–H groups in total. The molecule has 6 heteroatoms. The van der Waals surface area contributed by atoms with Crippen LogP contribution in [0.5, 0.6) is 5.75 Å². The fraction of sp³-hybridized carbons (Fsp3) is 0.188. The Bertz CT molecular complexity index is 709. The van der Waals surface area contributed by atoms with Gasteiger partial charge in [0.2, 0.25) is 0 Å². The Morgan fingerprint density at radius 1 is 1.32 bits per heavy atom. The van der Waals surface area contributed by atoms with E-state index in [9.17, 15) is 15.0 Å². The molecule has 0 aliphatic rings. The van der Waals surface area contributed by atoms with E-state index < -0.39 is 0 Å². The van der Waals surface area contributed by atoms with Crippen molar-refractivity contribution in [1.82, 2.24) is 10.4 Å². The molecule has 22 heavy (non-hydrogen) atoms. The zero-order valence-corrected chi connectivity index (χ0v) is 12.4. The number of carbonyl (C=O) groups is 1. The van der Waals surface area contributed by atoms with Gasteiger partial charge in [-0.1, -0.05) is 17.7 Å². The average molecular weight is 299 g/mol. The zero-order valence-electron chi connectivity index (χ0n) is 12.4. The van der Waals surface area contributed by atoms with E-state index >= 15 is 0 Å². The van der Waals surface area contributed by atoms with Crippen molar-refractivity contribution >= 4 is 12.1 Å². The number of aryl methyl sites for hydroxylation is 2. The Morgan fingerprint density at radius 3 is 2.64 bits per heavy atom. The third kappa shape index (κ3) is 3.48. The summed E-state index contributed by atoms with van der Waals surface area (Å²) in [7, 11) is 0. The number of nitrogens with zero attached hydrogens (tertiary/aromatic N) is 2. The fourth-order valence-corrected chi connectivity index (χ4v) is 1.85. The van der Waals surface area contributed by atoms with Gasteiger partial charge < -0.3 is 10.2 Å². The number of rotatable bonds is 4. The standard InChI is InChI=1S/C16H17N3O3/c1-10-3-5-12(6-4-10)16(22)19-18-8-14-13(9-20)7-17-11(2)15(14)21/h3-8,20-21H,9H2,1-2H3,(H,19,22)/b18-8+. The average Bonchev–Trinajstić information content (AvgIpc) is 2.52. The lowest BCUT2D eigenvalue weighted by molar-refractivity contribution is 0.0955. The molecule has 0 unspecified atom stereocenters. The van der Waals surface area contributed by atoms with Gasteiger partial charge in [-0.05, 0) is 26.0 Å². The Hall–Kier alpha value is -2.73. The smallest absolute Gasteiger partial charge is 0.271 e. The van der Waals surface area contributed by atoms with Crippen LogP contribution in [0.4, 0.5) is 0 Å². The van der Waals surface area contributed by atoms with E-state index in [0.29, 0.717) is 22.4 Å². The molecule has 1 amide bonds. The highest BCUT2D eigenvalue weighted by atomic mass is 16.3. The summed E-state index contributed by atoms with van der Waals surface area (Å²) in [5.74, 6) is -0.424. The maximum atomic E-state index is 11.9. The maximum absolute atomic E-state index is 11.9.